The molecule has 0 saturated carbocycles. The molecule has 1 aromatic rings. The second-order valence-corrected chi connectivity index (χ2v) is 6.96. The number of hydrogen-bond acceptors (Lipinski definition) is 4. The van der Waals surface area contributed by atoms with Crippen molar-refractivity contribution in [2.45, 2.75) is 44.9 Å². The fourth-order valence-electron chi connectivity index (χ4n) is 3.91. The van der Waals surface area contributed by atoms with Gasteiger partial charge in [-0.15, -0.1) is 0 Å². The number of rotatable bonds is 3. The van der Waals surface area contributed by atoms with Crippen LogP contribution < -0.4 is 0 Å². The molecule has 0 aliphatic carbocycles. The highest BCUT2D eigenvalue weighted by Gasteiger charge is 2.32. The van der Waals surface area contributed by atoms with Gasteiger partial charge in [-0.25, -0.2) is 0 Å². The van der Waals surface area contributed by atoms with Crippen molar-refractivity contribution in [1.82, 2.24) is 9.80 Å². The van der Waals surface area contributed by atoms with Crippen molar-refractivity contribution in [3.05, 3.63) is 35.4 Å². The van der Waals surface area contributed by atoms with Crippen LogP contribution in [0.15, 0.2) is 24.3 Å². The lowest BCUT2D eigenvalue weighted by Gasteiger charge is -2.38. The minimum absolute atomic E-state index is 0.0453. The fraction of sp³-hybridized carbons (Fsp3) is 0.579. The number of nitrogens with zero attached hydrogens (tertiary/aromatic N) is 3. The Morgan fingerprint density at radius 2 is 2.08 bits per heavy atom. The van der Waals surface area contributed by atoms with E-state index in [1.807, 2.05) is 4.90 Å². The van der Waals surface area contributed by atoms with Crippen LogP contribution in [-0.2, 0) is 4.74 Å². The Bertz CT molecular complexity index is 630. The number of benzene rings is 1. The van der Waals surface area contributed by atoms with E-state index in [-0.39, 0.29) is 24.2 Å². The Hall–Kier alpha value is -1.90. The van der Waals surface area contributed by atoms with Gasteiger partial charge in [-0.05, 0) is 44.9 Å². The number of nitriles is 1. The standard InChI is InChI=1S/C19H25N3O2/c1-14-11-21(12-15(2)24-14)13-18-7-4-8-22(18)19(23)17-6-3-5-16(9-17)10-20/h3,5-6,9,14-15,18H,4,7-8,11-13H2,1-2H3/t14-,15+,18-/m0/s1. The van der Waals surface area contributed by atoms with Gasteiger partial charge in [0.2, 0.25) is 0 Å². The number of hydrogen-bond donors (Lipinski definition) is 0. The molecule has 0 aromatic heterocycles. The number of carbonyl (C=O) groups is 1. The molecule has 2 aliphatic rings. The number of carbonyl (C=O) groups excluding carboxylic acids is 1. The normalized spacial score (nSPS) is 27.9. The van der Waals surface area contributed by atoms with E-state index in [2.05, 4.69) is 24.8 Å². The van der Waals surface area contributed by atoms with Gasteiger partial charge in [0.25, 0.3) is 5.91 Å². The van der Waals surface area contributed by atoms with Crippen LogP contribution in [0.3, 0.4) is 0 Å². The Labute approximate surface area is 143 Å². The zero-order valence-electron chi connectivity index (χ0n) is 14.4. The predicted molar refractivity (Wildman–Crippen MR) is 91.7 cm³/mol. The quantitative estimate of drug-likeness (QED) is 0.854. The molecule has 1 aromatic carbocycles. The topological polar surface area (TPSA) is 56.6 Å². The molecule has 5 nitrogen and oxygen atoms in total. The summed E-state index contributed by atoms with van der Waals surface area (Å²) >= 11 is 0. The van der Waals surface area contributed by atoms with Crippen LogP contribution in [0.25, 0.3) is 0 Å². The van der Waals surface area contributed by atoms with Gasteiger partial charge in [0.1, 0.15) is 0 Å². The van der Waals surface area contributed by atoms with E-state index >= 15 is 0 Å². The Balaban J connectivity index is 1.68. The molecule has 5 heteroatoms. The number of morpholine rings is 1. The lowest BCUT2D eigenvalue weighted by molar-refractivity contribution is -0.0715. The SMILES string of the molecule is C[C@@H]1CN(C[C@@H]2CCCN2C(=O)c2cccc(C#N)c2)C[C@H](C)O1. The summed E-state index contributed by atoms with van der Waals surface area (Å²) in [5, 5.41) is 9.03. The summed E-state index contributed by atoms with van der Waals surface area (Å²) in [6.07, 6.45) is 2.58. The summed E-state index contributed by atoms with van der Waals surface area (Å²) in [6, 6.07) is 9.36. The van der Waals surface area contributed by atoms with E-state index < -0.39 is 0 Å². The van der Waals surface area contributed by atoms with E-state index in [9.17, 15) is 4.79 Å². The van der Waals surface area contributed by atoms with Gasteiger partial charge < -0.3 is 9.64 Å². The first-order valence-corrected chi connectivity index (χ1v) is 8.75. The third kappa shape index (κ3) is 3.77. The van der Waals surface area contributed by atoms with Crippen molar-refractivity contribution < 1.29 is 9.53 Å². The second kappa shape index (κ2) is 7.33. The highest BCUT2D eigenvalue weighted by atomic mass is 16.5. The largest absolute Gasteiger partial charge is 0.373 e. The van der Waals surface area contributed by atoms with Crippen LogP contribution in [0.5, 0.6) is 0 Å². The highest BCUT2D eigenvalue weighted by Crippen LogP contribution is 2.23. The first-order chi connectivity index (χ1) is 11.6. The number of ether oxygens (including phenoxy) is 1. The molecular weight excluding hydrogens is 302 g/mol. The van der Waals surface area contributed by atoms with E-state index in [0.717, 1.165) is 39.0 Å². The van der Waals surface area contributed by atoms with Gasteiger partial charge in [0.15, 0.2) is 0 Å². The highest BCUT2D eigenvalue weighted by molar-refractivity contribution is 5.95. The minimum atomic E-state index is 0.0453. The smallest absolute Gasteiger partial charge is 0.254 e. The van der Waals surface area contributed by atoms with Crippen molar-refractivity contribution >= 4 is 5.91 Å². The molecule has 2 fully saturated rings. The van der Waals surface area contributed by atoms with E-state index in [0.29, 0.717) is 11.1 Å². The van der Waals surface area contributed by atoms with E-state index in [1.54, 1.807) is 24.3 Å². The zero-order chi connectivity index (χ0) is 17.1. The third-order valence-corrected chi connectivity index (χ3v) is 4.84. The van der Waals surface area contributed by atoms with E-state index in [1.165, 1.54) is 0 Å². The molecule has 0 radical (unpaired) electrons. The first kappa shape index (κ1) is 16.9. The third-order valence-electron chi connectivity index (χ3n) is 4.84. The van der Waals surface area contributed by atoms with Crippen molar-refractivity contribution in [2.24, 2.45) is 0 Å². The van der Waals surface area contributed by atoms with Crippen molar-refractivity contribution in [3.8, 4) is 6.07 Å². The van der Waals surface area contributed by atoms with Crippen LogP contribution in [0.2, 0.25) is 0 Å². The van der Waals surface area contributed by atoms with Crippen LogP contribution >= 0.6 is 0 Å². The monoisotopic (exact) mass is 327 g/mol. The first-order valence-electron chi connectivity index (χ1n) is 8.75. The second-order valence-electron chi connectivity index (χ2n) is 6.96. The molecule has 3 rings (SSSR count). The fourth-order valence-corrected chi connectivity index (χ4v) is 3.91. The lowest BCUT2D eigenvalue weighted by Crippen LogP contribution is -2.50. The summed E-state index contributed by atoms with van der Waals surface area (Å²) < 4.78 is 5.80. The van der Waals surface area contributed by atoms with Gasteiger partial charge in [0, 0.05) is 37.8 Å². The van der Waals surface area contributed by atoms with Crippen molar-refractivity contribution in [1.29, 1.82) is 5.26 Å². The average molecular weight is 327 g/mol. The lowest BCUT2D eigenvalue weighted by atomic mass is 10.1. The molecule has 2 aliphatic heterocycles. The predicted octanol–water partition coefficient (Wildman–Crippen LogP) is 2.27. The summed E-state index contributed by atoms with van der Waals surface area (Å²) in [5.74, 6) is 0.0453. The molecular formula is C19H25N3O2. The maximum absolute atomic E-state index is 12.9. The van der Waals surface area contributed by atoms with Gasteiger partial charge >= 0.3 is 0 Å². The van der Waals surface area contributed by atoms with Gasteiger partial charge in [0.05, 0.1) is 23.8 Å². The summed E-state index contributed by atoms with van der Waals surface area (Å²) in [5.41, 5.74) is 1.15. The molecule has 0 bridgehead atoms. The van der Waals surface area contributed by atoms with Crippen LogP contribution in [0.1, 0.15) is 42.6 Å². The molecule has 2 heterocycles. The molecule has 0 unspecified atom stereocenters. The van der Waals surface area contributed by atoms with Crippen molar-refractivity contribution in [3.63, 3.8) is 0 Å². The van der Waals surface area contributed by atoms with Gasteiger partial charge in [-0.1, -0.05) is 6.07 Å². The minimum Gasteiger partial charge on any atom is -0.373 e. The summed E-state index contributed by atoms with van der Waals surface area (Å²) in [6.45, 7) is 7.76. The van der Waals surface area contributed by atoms with Crippen molar-refractivity contribution in [2.75, 3.05) is 26.2 Å². The van der Waals surface area contributed by atoms with Crippen LogP contribution in [-0.4, -0.2) is 60.1 Å². The molecule has 24 heavy (non-hydrogen) atoms. The van der Waals surface area contributed by atoms with E-state index in [4.69, 9.17) is 10.00 Å². The summed E-state index contributed by atoms with van der Waals surface area (Å²) in [7, 11) is 0. The maximum Gasteiger partial charge on any atom is 0.254 e. The molecule has 0 spiro atoms. The molecule has 1 amide bonds. The Kier molecular flexibility index (Phi) is 5.17. The average Bonchev–Trinajstić information content (AvgIpc) is 3.01. The summed E-state index contributed by atoms with van der Waals surface area (Å²) in [4.78, 5) is 17.3. The zero-order valence-corrected chi connectivity index (χ0v) is 14.4. The number of likely N-dealkylation sites (tertiary alicyclic amines) is 1. The molecule has 2 saturated heterocycles. The van der Waals surface area contributed by atoms with Gasteiger partial charge in [-0.2, -0.15) is 5.26 Å². The van der Waals surface area contributed by atoms with Crippen LogP contribution in [0, 0.1) is 11.3 Å². The van der Waals surface area contributed by atoms with Gasteiger partial charge in [-0.3, -0.25) is 9.69 Å². The van der Waals surface area contributed by atoms with Crippen LogP contribution in [0.4, 0.5) is 0 Å². The maximum atomic E-state index is 12.9. The number of amides is 1. The molecule has 128 valence electrons. The molecule has 3 atom stereocenters. The Morgan fingerprint density at radius 3 is 2.79 bits per heavy atom. The molecule has 0 N–H and O–H groups in total. The Morgan fingerprint density at radius 1 is 1.33 bits per heavy atom.